The zero-order chi connectivity index (χ0) is 12.4. The molecule has 0 amide bonds. The summed E-state index contributed by atoms with van der Waals surface area (Å²) >= 11 is 3.91. The van der Waals surface area contributed by atoms with E-state index in [9.17, 15) is 0 Å². The van der Waals surface area contributed by atoms with E-state index in [0.717, 1.165) is 20.4 Å². The van der Waals surface area contributed by atoms with E-state index in [2.05, 4.69) is 45.8 Å². The molecule has 18 heavy (non-hydrogen) atoms. The molecule has 0 aliphatic heterocycles. The highest BCUT2D eigenvalue weighted by Gasteiger charge is 2.05. The molecule has 0 atom stereocenters. The molecule has 3 aromatic rings. The highest BCUT2D eigenvalue weighted by molar-refractivity contribution is 14.1. The minimum atomic E-state index is 0.693. The molecule has 90 valence electrons. The Morgan fingerprint density at radius 1 is 1.06 bits per heavy atom. The summed E-state index contributed by atoms with van der Waals surface area (Å²) in [6, 6.07) is 16.2. The minimum Gasteiger partial charge on any atom is -0.431 e. The van der Waals surface area contributed by atoms with Crippen molar-refractivity contribution in [3.05, 3.63) is 54.1 Å². The molecule has 0 unspecified atom stereocenters. The molecule has 1 aromatic heterocycles. The van der Waals surface area contributed by atoms with Crippen molar-refractivity contribution >= 4 is 44.1 Å². The summed E-state index contributed by atoms with van der Waals surface area (Å²) < 4.78 is 7.93. The molecule has 2 aromatic carbocycles. The lowest BCUT2D eigenvalue weighted by Crippen LogP contribution is -1.83. The molecule has 0 radical (unpaired) electrons. The molecule has 0 fully saturated rings. The molecule has 0 spiro atoms. The lowest BCUT2D eigenvalue weighted by molar-refractivity contribution is 0.480. The first-order valence-electron chi connectivity index (χ1n) is 5.53. The van der Waals surface area contributed by atoms with E-state index in [0.29, 0.717) is 5.19 Å². The zero-order valence-corrected chi connectivity index (χ0v) is 12.4. The molecule has 0 bridgehead atoms. The number of thiazole rings is 1. The van der Waals surface area contributed by atoms with E-state index in [1.807, 2.05) is 30.3 Å². The van der Waals surface area contributed by atoms with Gasteiger partial charge in [0, 0.05) is 4.43 Å². The maximum atomic E-state index is 5.77. The number of halogens is 1. The monoisotopic (exact) mass is 367 g/mol. The Bertz CT molecular complexity index is 630. The Morgan fingerprint density at radius 3 is 2.56 bits per heavy atom. The fourth-order valence-corrected chi connectivity index (χ4v) is 2.99. The third-order valence-electron chi connectivity index (χ3n) is 2.56. The van der Waals surface area contributed by atoms with Crippen LogP contribution in [0.25, 0.3) is 10.2 Å². The van der Waals surface area contributed by atoms with Crippen LogP contribution >= 0.6 is 33.9 Å². The molecular weight excluding hydrogens is 357 g/mol. The lowest BCUT2D eigenvalue weighted by Gasteiger charge is -2.01. The average Bonchev–Trinajstić information content (AvgIpc) is 2.82. The van der Waals surface area contributed by atoms with Crippen LogP contribution in [0.3, 0.4) is 0 Å². The Kier molecular flexibility index (Phi) is 3.47. The number of rotatable bonds is 3. The van der Waals surface area contributed by atoms with E-state index in [-0.39, 0.29) is 0 Å². The van der Waals surface area contributed by atoms with Gasteiger partial charge in [0.2, 0.25) is 0 Å². The maximum Gasteiger partial charge on any atom is 0.279 e. The largest absolute Gasteiger partial charge is 0.431 e. The number of benzene rings is 2. The van der Waals surface area contributed by atoms with E-state index in [4.69, 9.17) is 4.74 Å². The van der Waals surface area contributed by atoms with Gasteiger partial charge in [-0.15, -0.1) is 0 Å². The predicted molar refractivity (Wildman–Crippen MR) is 83.9 cm³/mol. The summed E-state index contributed by atoms with van der Waals surface area (Å²) in [6.45, 7) is 0. The highest BCUT2D eigenvalue weighted by atomic mass is 127. The van der Waals surface area contributed by atoms with Crippen molar-refractivity contribution in [3.63, 3.8) is 0 Å². The van der Waals surface area contributed by atoms with Crippen molar-refractivity contribution in [3.8, 4) is 10.9 Å². The number of ether oxygens (including phenoxy) is 1. The molecule has 0 saturated heterocycles. The second-order valence-electron chi connectivity index (χ2n) is 3.83. The first-order valence-corrected chi connectivity index (χ1v) is 7.88. The number of hydrogen-bond donors (Lipinski definition) is 0. The molecular formula is C14H10INOS. The standard InChI is InChI=1S/C14H10INOS/c15-9-10-5-7-11(8-6-10)17-14-16-12-3-1-2-4-13(12)18-14/h1-8H,9H2. The predicted octanol–water partition coefficient (Wildman–Crippen LogP) is 5.02. The quantitative estimate of drug-likeness (QED) is 0.479. The van der Waals surface area contributed by atoms with Crippen LogP contribution in [0.15, 0.2) is 48.5 Å². The van der Waals surface area contributed by atoms with Gasteiger partial charge < -0.3 is 4.74 Å². The topological polar surface area (TPSA) is 22.1 Å². The van der Waals surface area contributed by atoms with Crippen molar-refractivity contribution in [2.24, 2.45) is 0 Å². The number of fused-ring (bicyclic) bond motifs is 1. The summed E-state index contributed by atoms with van der Waals surface area (Å²) in [6.07, 6.45) is 0. The lowest BCUT2D eigenvalue weighted by atomic mass is 10.2. The summed E-state index contributed by atoms with van der Waals surface area (Å²) in [4.78, 5) is 4.45. The van der Waals surface area contributed by atoms with Gasteiger partial charge >= 0.3 is 0 Å². The maximum absolute atomic E-state index is 5.77. The van der Waals surface area contributed by atoms with Crippen LogP contribution in [0.4, 0.5) is 0 Å². The third kappa shape index (κ3) is 2.49. The number of aromatic nitrogens is 1. The second-order valence-corrected chi connectivity index (χ2v) is 5.58. The summed E-state index contributed by atoms with van der Waals surface area (Å²) in [7, 11) is 0. The molecule has 0 saturated carbocycles. The van der Waals surface area contributed by atoms with Crippen molar-refractivity contribution in [1.82, 2.24) is 4.98 Å². The average molecular weight is 367 g/mol. The molecule has 4 heteroatoms. The van der Waals surface area contributed by atoms with Crippen LogP contribution in [0, 0.1) is 0 Å². The van der Waals surface area contributed by atoms with Gasteiger partial charge in [0.1, 0.15) is 5.75 Å². The van der Waals surface area contributed by atoms with Crippen LogP contribution < -0.4 is 4.74 Å². The SMILES string of the molecule is ICc1ccc(Oc2nc3ccccc3s2)cc1. The van der Waals surface area contributed by atoms with Crippen LogP contribution in [-0.4, -0.2) is 4.98 Å². The van der Waals surface area contributed by atoms with E-state index in [1.54, 1.807) is 11.3 Å². The van der Waals surface area contributed by atoms with Crippen molar-refractivity contribution in [2.45, 2.75) is 4.43 Å². The first kappa shape index (κ1) is 11.9. The molecule has 3 rings (SSSR count). The molecule has 1 heterocycles. The van der Waals surface area contributed by atoms with E-state index >= 15 is 0 Å². The fourth-order valence-electron chi connectivity index (χ4n) is 1.64. The number of alkyl halides is 1. The Morgan fingerprint density at radius 2 is 1.83 bits per heavy atom. The Balaban J connectivity index is 1.86. The van der Waals surface area contributed by atoms with Gasteiger partial charge in [0.25, 0.3) is 5.19 Å². The Hall–Kier alpha value is -1.14. The van der Waals surface area contributed by atoms with Crippen LogP contribution in [0.5, 0.6) is 10.9 Å². The van der Waals surface area contributed by atoms with Crippen LogP contribution in [-0.2, 0) is 4.43 Å². The molecule has 0 aliphatic carbocycles. The smallest absolute Gasteiger partial charge is 0.279 e. The van der Waals surface area contributed by atoms with Crippen molar-refractivity contribution in [2.75, 3.05) is 0 Å². The molecule has 0 aliphatic rings. The first-order chi connectivity index (χ1) is 8.85. The van der Waals surface area contributed by atoms with Gasteiger partial charge in [-0.05, 0) is 29.8 Å². The van der Waals surface area contributed by atoms with Gasteiger partial charge in [-0.1, -0.05) is 58.2 Å². The van der Waals surface area contributed by atoms with Crippen LogP contribution in [0.2, 0.25) is 0 Å². The third-order valence-corrected chi connectivity index (χ3v) is 4.35. The van der Waals surface area contributed by atoms with Gasteiger partial charge in [0.15, 0.2) is 0 Å². The molecule has 2 nitrogen and oxygen atoms in total. The van der Waals surface area contributed by atoms with Crippen LogP contribution in [0.1, 0.15) is 5.56 Å². The van der Waals surface area contributed by atoms with Gasteiger partial charge in [-0.25, -0.2) is 4.98 Å². The minimum absolute atomic E-state index is 0.693. The summed E-state index contributed by atoms with van der Waals surface area (Å²) in [5, 5.41) is 0.693. The second kappa shape index (κ2) is 5.24. The summed E-state index contributed by atoms with van der Waals surface area (Å²) in [5.74, 6) is 0.836. The number of hydrogen-bond acceptors (Lipinski definition) is 3. The van der Waals surface area contributed by atoms with Gasteiger partial charge in [-0.3, -0.25) is 0 Å². The zero-order valence-electron chi connectivity index (χ0n) is 9.47. The number of para-hydroxylation sites is 1. The van der Waals surface area contributed by atoms with Crippen molar-refractivity contribution in [1.29, 1.82) is 0 Å². The summed E-state index contributed by atoms with van der Waals surface area (Å²) in [5.41, 5.74) is 2.29. The van der Waals surface area contributed by atoms with E-state index in [1.165, 1.54) is 5.56 Å². The molecule has 0 N–H and O–H groups in total. The fraction of sp³-hybridized carbons (Fsp3) is 0.0714. The van der Waals surface area contributed by atoms with Crippen molar-refractivity contribution < 1.29 is 4.74 Å². The Labute approximate surface area is 123 Å². The number of nitrogens with zero attached hydrogens (tertiary/aromatic N) is 1. The highest BCUT2D eigenvalue weighted by Crippen LogP contribution is 2.31. The van der Waals surface area contributed by atoms with E-state index < -0.39 is 0 Å². The van der Waals surface area contributed by atoms with Gasteiger partial charge in [0.05, 0.1) is 10.2 Å². The van der Waals surface area contributed by atoms with Gasteiger partial charge in [-0.2, -0.15) is 0 Å². The normalized spacial score (nSPS) is 10.7.